The van der Waals surface area contributed by atoms with Gasteiger partial charge >= 0.3 is 5.97 Å². The van der Waals surface area contributed by atoms with Gasteiger partial charge in [-0.15, -0.1) is 0 Å². The first-order valence-electron chi connectivity index (χ1n) is 6.08. The zero-order chi connectivity index (χ0) is 15.1. The number of hydrogen-bond acceptors (Lipinski definition) is 2. The molecule has 0 bridgehead atoms. The number of halogens is 2. The third-order valence-corrected chi connectivity index (χ3v) is 4.39. The van der Waals surface area contributed by atoms with Gasteiger partial charge in [0.1, 0.15) is 0 Å². The summed E-state index contributed by atoms with van der Waals surface area (Å²) < 4.78 is 0. The molecule has 0 amide bonds. The number of carbonyl (C=O) groups is 1. The van der Waals surface area contributed by atoms with Crippen LogP contribution in [-0.2, 0) is 4.79 Å². The van der Waals surface area contributed by atoms with E-state index in [1.807, 2.05) is 13.8 Å². The van der Waals surface area contributed by atoms with Crippen molar-refractivity contribution in [3.8, 4) is 6.07 Å². The van der Waals surface area contributed by atoms with Crippen molar-refractivity contribution in [3.05, 3.63) is 39.4 Å². The van der Waals surface area contributed by atoms with Crippen LogP contribution in [0.1, 0.15) is 19.4 Å². The van der Waals surface area contributed by atoms with Gasteiger partial charge in [-0.25, -0.2) is 0 Å². The Morgan fingerprint density at radius 2 is 2.05 bits per heavy atom. The highest BCUT2D eigenvalue weighted by Gasteiger charge is 2.63. The molecule has 0 unspecified atom stereocenters. The lowest BCUT2D eigenvalue weighted by molar-refractivity contribution is -0.139. The van der Waals surface area contributed by atoms with Crippen molar-refractivity contribution < 1.29 is 9.90 Å². The molecule has 1 aromatic rings. The molecule has 20 heavy (non-hydrogen) atoms. The van der Waals surface area contributed by atoms with Gasteiger partial charge in [0.05, 0.1) is 12.0 Å². The van der Waals surface area contributed by atoms with Crippen molar-refractivity contribution in [1.82, 2.24) is 0 Å². The Kier molecular flexibility index (Phi) is 3.82. The van der Waals surface area contributed by atoms with Gasteiger partial charge in [-0.2, -0.15) is 5.26 Å². The standard InChI is InChI=1S/C15H13Cl2NO2/c1-15(2)12(13(15)14(19)20)9(7-18)5-8-3-4-10(16)6-11(8)17/h3-6,12-13H,1-2H3,(H,19,20)/b9-5+/t12-,13+/m1/s1. The van der Waals surface area contributed by atoms with Gasteiger partial charge in [-0.3, -0.25) is 4.79 Å². The van der Waals surface area contributed by atoms with E-state index in [4.69, 9.17) is 23.2 Å². The molecule has 3 nitrogen and oxygen atoms in total. The first-order valence-corrected chi connectivity index (χ1v) is 6.84. The normalized spacial score (nSPS) is 24.1. The average molecular weight is 310 g/mol. The molecule has 1 fully saturated rings. The van der Waals surface area contributed by atoms with E-state index >= 15 is 0 Å². The van der Waals surface area contributed by atoms with Crippen molar-refractivity contribution in [3.63, 3.8) is 0 Å². The van der Waals surface area contributed by atoms with Gasteiger partial charge in [0.15, 0.2) is 0 Å². The maximum Gasteiger partial charge on any atom is 0.307 e. The molecule has 2 atom stereocenters. The first kappa shape index (κ1) is 14.9. The molecule has 1 aliphatic carbocycles. The summed E-state index contributed by atoms with van der Waals surface area (Å²) in [6.45, 7) is 3.70. The van der Waals surface area contributed by atoms with Gasteiger partial charge in [0, 0.05) is 21.5 Å². The summed E-state index contributed by atoms with van der Waals surface area (Å²) >= 11 is 11.9. The number of nitrogens with zero attached hydrogens (tertiary/aromatic N) is 1. The van der Waals surface area contributed by atoms with Crippen LogP contribution >= 0.6 is 23.2 Å². The average Bonchev–Trinajstić information content (AvgIpc) is 2.91. The molecule has 1 aliphatic rings. The lowest BCUT2D eigenvalue weighted by Crippen LogP contribution is -2.03. The van der Waals surface area contributed by atoms with Crippen molar-refractivity contribution in [2.45, 2.75) is 13.8 Å². The van der Waals surface area contributed by atoms with Crippen molar-refractivity contribution >= 4 is 35.2 Å². The molecule has 0 spiro atoms. The third-order valence-electron chi connectivity index (χ3n) is 3.83. The van der Waals surface area contributed by atoms with E-state index in [1.165, 1.54) is 0 Å². The second-order valence-electron chi connectivity index (χ2n) is 5.49. The van der Waals surface area contributed by atoms with Crippen LogP contribution in [0.3, 0.4) is 0 Å². The van der Waals surface area contributed by atoms with Crippen LogP contribution in [0.2, 0.25) is 10.0 Å². The number of benzene rings is 1. The highest BCUT2D eigenvalue weighted by atomic mass is 35.5. The Balaban J connectivity index is 2.37. The van der Waals surface area contributed by atoms with Gasteiger partial charge in [0.25, 0.3) is 0 Å². The largest absolute Gasteiger partial charge is 0.481 e. The molecule has 1 saturated carbocycles. The van der Waals surface area contributed by atoms with Crippen LogP contribution < -0.4 is 0 Å². The Morgan fingerprint density at radius 1 is 1.40 bits per heavy atom. The lowest BCUT2D eigenvalue weighted by Gasteiger charge is -2.03. The number of carboxylic acid groups (broad SMARTS) is 1. The number of rotatable bonds is 3. The van der Waals surface area contributed by atoms with Crippen molar-refractivity contribution in [1.29, 1.82) is 5.26 Å². The highest BCUT2D eigenvalue weighted by Crippen LogP contribution is 2.61. The number of carboxylic acids is 1. The fourth-order valence-corrected chi connectivity index (χ4v) is 3.12. The second kappa shape index (κ2) is 5.12. The van der Waals surface area contributed by atoms with Crippen molar-refractivity contribution in [2.75, 3.05) is 0 Å². The molecule has 1 N–H and O–H groups in total. The zero-order valence-electron chi connectivity index (χ0n) is 11.0. The number of nitriles is 1. The Morgan fingerprint density at radius 3 is 2.50 bits per heavy atom. The summed E-state index contributed by atoms with van der Waals surface area (Å²) in [6, 6.07) is 7.09. The molecular formula is C15H13Cl2NO2. The van der Waals surface area contributed by atoms with Crippen LogP contribution in [0.25, 0.3) is 6.08 Å². The summed E-state index contributed by atoms with van der Waals surface area (Å²) in [5, 5.41) is 19.4. The van der Waals surface area contributed by atoms with Crippen LogP contribution in [-0.4, -0.2) is 11.1 Å². The first-order chi connectivity index (χ1) is 9.28. The van der Waals surface area contributed by atoms with Crippen LogP contribution in [0.5, 0.6) is 0 Å². The van der Waals surface area contributed by atoms with Crippen molar-refractivity contribution in [2.24, 2.45) is 17.3 Å². The SMILES string of the molecule is CC1(C)[C@H](C(=O)O)[C@H]1/C(C#N)=C/c1ccc(Cl)cc1Cl. The van der Waals surface area contributed by atoms with Crippen LogP contribution in [0.4, 0.5) is 0 Å². The van der Waals surface area contributed by atoms with Crippen LogP contribution in [0.15, 0.2) is 23.8 Å². The molecule has 0 saturated heterocycles. The zero-order valence-corrected chi connectivity index (χ0v) is 12.5. The van der Waals surface area contributed by atoms with E-state index in [0.717, 1.165) is 0 Å². The molecule has 5 heteroatoms. The molecule has 0 aromatic heterocycles. The Bertz CT molecular complexity index is 644. The summed E-state index contributed by atoms with van der Waals surface area (Å²) in [6.07, 6.45) is 1.65. The monoisotopic (exact) mass is 309 g/mol. The fourth-order valence-electron chi connectivity index (χ4n) is 2.66. The van der Waals surface area contributed by atoms with Gasteiger partial charge in [0.2, 0.25) is 0 Å². The minimum absolute atomic E-state index is 0.281. The van der Waals surface area contributed by atoms with Crippen LogP contribution in [0, 0.1) is 28.6 Å². The predicted molar refractivity (Wildman–Crippen MR) is 78.4 cm³/mol. The van der Waals surface area contributed by atoms with Gasteiger partial charge in [-0.05, 0) is 29.2 Å². The number of allylic oxidation sites excluding steroid dienone is 1. The van der Waals surface area contributed by atoms with E-state index in [1.54, 1.807) is 24.3 Å². The Labute approximate surface area is 127 Å². The maximum absolute atomic E-state index is 11.2. The smallest absolute Gasteiger partial charge is 0.307 e. The maximum atomic E-state index is 11.2. The molecule has 2 rings (SSSR count). The minimum atomic E-state index is -0.872. The molecule has 104 valence electrons. The number of hydrogen-bond donors (Lipinski definition) is 1. The number of aliphatic carboxylic acids is 1. The fraction of sp³-hybridized carbons (Fsp3) is 0.333. The van der Waals surface area contributed by atoms with Gasteiger partial charge < -0.3 is 5.11 Å². The Hall–Kier alpha value is -1.50. The molecule has 1 aromatic carbocycles. The van der Waals surface area contributed by atoms with E-state index in [2.05, 4.69) is 6.07 Å². The topological polar surface area (TPSA) is 61.1 Å². The molecule has 0 heterocycles. The third kappa shape index (κ3) is 2.54. The lowest BCUT2D eigenvalue weighted by atomic mass is 10.0. The second-order valence-corrected chi connectivity index (χ2v) is 6.34. The summed E-state index contributed by atoms with van der Waals surface area (Å²) in [5.41, 5.74) is 0.692. The molecule has 0 aliphatic heterocycles. The van der Waals surface area contributed by atoms with E-state index in [9.17, 15) is 15.2 Å². The van der Waals surface area contributed by atoms with E-state index < -0.39 is 17.3 Å². The summed E-state index contributed by atoms with van der Waals surface area (Å²) in [7, 11) is 0. The molecule has 0 radical (unpaired) electrons. The summed E-state index contributed by atoms with van der Waals surface area (Å²) in [4.78, 5) is 11.2. The molecular weight excluding hydrogens is 297 g/mol. The van der Waals surface area contributed by atoms with E-state index in [0.29, 0.717) is 21.2 Å². The quantitative estimate of drug-likeness (QED) is 0.849. The van der Waals surface area contributed by atoms with Gasteiger partial charge in [-0.1, -0.05) is 43.1 Å². The highest BCUT2D eigenvalue weighted by molar-refractivity contribution is 6.35. The minimum Gasteiger partial charge on any atom is -0.481 e. The summed E-state index contributed by atoms with van der Waals surface area (Å²) in [5.74, 6) is -1.68. The van der Waals surface area contributed by atoms with E-state index in [-0.39, 0.29) is 5.92 Å². The predicted octanol–water partition coefficient (Wildman–Crippen LogP) is 4.26.